The molecule has 2 heterocycles. The van der Waals surface area contributed by atoms with Gasteiger partial charge in [0.25, 0.3) is 5.56 Å². The van der Waals surface area contributed by atoms with E-state index in [0.717, 1.165) is 17.3 Å². The highest BCUT2D eigenvalue weighted by molar-refractivity contribution is 8.00. The molecular weight excluding hydrogens is 405 g/mol. The van der Waals surface area contributed by atoms with E-state index in [1.54, 1.807) is 42.6 Å². The van der Waals surface area contributed by atoms with Crippen molar-refractivity contribution in [1.82, 2.24) is 19.9 Å². The van der Waals surface area contributed by atoms with Crippen molar-refractivity contribution < 1.29 is 18.0 Å². The summed E-state index contributed by atoms with van der Waals surface area (Å²) in [4.78, 5) is 33.8. The van der Waals surface area contributed by atoms with Gasteiger partial charge in [-0.1, -0.05) is 23.9 Å². The van der Waals surface area contributed by atoms with Crippen LogP contribution in [0.15, 0.2) is 52.5 Å². The first-order valence-electron chi connectivity index (χ1n) is 8.61. The molecule has 3 aromatic rings. The molecule has 0 aliphatic heterocycles. The van der Waals surface area contributed by atoms with E-state index in [1.165, 1.54) is 11.5 Å². The highest BCUT2D eigenvalue weighted by Crippen LogP contribution is 2.25. The molecule has 0 saturated carbocycles. The lowest BCUT2D eigenvalue weighted by molar-refractivity contribution is -0.137. The Morgan fingerprint density at radius 1 is 1.28 bits per heavy atom. The van der Waals surface area contributed by atoms with Gasteiger partial charge in [-0.05, 0) is 43.7 Å². The number of fused-ring (bicyclic) bond motifs is 1. The number of benzene rings is 1. The molecular formula is C19H17F3N4O2S. The maximum Gasteiger partial charge on any atom is 0.405 e. The van der Waals surface area contributed by atoms with Gasteiger partial charge in [0.1, 0.15) is 12.4 Å². The van der Waals surface area contributed by atoms with Crippen LogP contribution in [-0.2, 0) is 4.79 Å². The van der Waals surface area contributed by atoms with Gasteiger partial charge < -0.3 is 5.32 Å². The van der Waals surface area contributed by atoms with Crippen molar-refractivity contribution in [3.63, 3.8) is 0 Å². The molecule has 0 fully saturated rings. The van der Waals surface area contributed by atoms with Crippen molar-refractivity contribution in [1.29, 1.82) is 0 Å². The summed E-state index contributed by atoms with van der Waals surface area (Å²) in [6, 6.07) is 10.2. The number of hydrogen-bond donors (Lipinski definition) is 1. The van der Waals surface area contributed by atoms with Crippen LogP contribution in [0.1, 0.15) is 12.5 Å². The molecule has 6 nitrogen and oxygen atoms in total. The minimum absolute atomic E-state index is 0.168. The van der Waals surface area contributed by atoms with E-state index in [4.69, 9.17) is 0 Å². The topological polar surface area (TPSA) is 76.9 Å². The summed E-state index contributed by atoms with van der Waals surface area (Å²) in [5, 5.41) is 1.47. The molecule has 1 N–H and O–H groups in total. The van der Waals surface area contributed by atoms with Crippen molar-refractivity contribution >= 4 is 28.6 Å². The molecule has 0 radical (unpaired) electrons. The number of nitrogens with one attached hydrogen (secondary N) is 1. The second-order valence-corrected chi connectivity index (χ2v) is 7.64. The van der Waals surface area contributed by atoms with Crippen molar-refractivity contribution in [2.75, 3.05) is 6.54 Å². The van der Waals surface area contributed by atoms with Crippen LogP contribution < -0.4 is 10.9 Å². The van der Waals surface area contributed by atoms with E-state index in [1.807, 2.05) is 12.2 Å². The maximum atomic E-state index is 13.1. The number of aromatic nitrogens is 3. The first-order valence-corrected chi connectivity index (χ1v) is 9.49. The predicted molar refractivity (Wildman–Crippen MR) is 104 cm³/mol. The Balaban J connectivity index is 2.03. The highest BCUT2D eigenvalue weighted by atomic mass is 32.2. The lowest BCUT2D eigenvalue weighted by atomic mass is 10.2. The summed E-state index contributed by atoms with van der Waals surface area (Å²) >= 11 is 0.891. The molecule has 0 bridgehead atoms. The molecule has 1 atom stereocenters. The SMILES string of the molecule is Cc1ccnc(-n2c(SC(C)C(=O)NCC(F)(F)F)nc3ccccc3c2=O)c1. The van der Waals surface area contributed by atoms with Crippen LogP contribution in [0.25, 0.3) is 16.7 Å². The lowest BCUT2D eigenvalue weighted by Crippen LogP contribution is -2.38. The van der Waals surface area contributed by atoms with Crippen molar-refractivity contribution in [2.24, 2.45) is 0 Å². The quantitative estimate of drug-likeness (QED) is 0.505. The number of carbonyl (C=O) groups excluding carboxylic acids is 1. The van der Waals surface area contributed by atoms with Gasteiger partial charge in [-0.15, -0.1) is 0 Å². The largest absolute Gasteiger partial charge is 0.405 e. The molecule has 0 aliphatic rings. The van der Waals surface area contributed by atoms with Crippen LogP contribution in [0.5, 0.6) is 0 Å². The minimum atomic E-state index is -4.51. The molecule has 1 amide bonds. The van der Waals surface area contributed by atoms with Gasteiger partial charge in [0, 0.05) is 6.20 Å². The van der Waals surface area contributed by atoms with Crippen LogP contribution >= 0.6 is 11.8 Å². The molecule has 3 rings (SSSR count). The summed E-state index contributed by atoms with van der Waals surface area (Å²) in [5.74, 6) is -0.489. The summed E-state index contributed by atoms with van der Waals surface area (Å²) in [5.41, 5.74) is 0.910. The second kappa shape index (κ2) is 8.24. The zero-order valence-electron chi connectivity index (χ0n) is 15.5. The van der Waals surface area contributed by atoms with Crippen molar-refractivity contribution in [3.8, 4) is 5.82 Å². The van der Waals surface area contributed by atoms with Gasteiger partial charge in [-0.2, -0.15) is 13.2 Å². The smallest absolute Gasteiger partial charge is 0.346 e. The van der Waals surface area contributed by atoms with Gasteiger partial charge in [0.2, 0.25) is 5.91 Å². The monoisotopic (exact) mass is 422 g/mol. The molecule has 1 aromatic carbocycles. The third kappa shape index (κ3) is 4.94. The van der Waals surface area contributed by atoms with Crippen molar-refractivity contribution in [3.05, 3.63) is 58.5 Å². The molecule has 29 heavy (non-hydrogen) atoms. The van der Waals surface area contributed by atoms with Crippen LogP contribution in [-0.4, -0.2) is 38.4 Å². The number of nitrogens with zero attached hydrogens (tertiary/aromatic N) is 3. The number of para-hydroxylation sites is 1. The zero-order chi connectivity index (χ0) is 21.2. The maximum absolute atomic E-state index is 13.1. The number of halogens is 3. The first-order chi connectivity index (χ1) is 13.7. The van der Waals surface area contributed by atoms with Crippen molar-refractivity contribution in [2.45, 2.75) is 30.4 Å². The summed E-state index contributed by atoms with van der Waals surface area (Å²) in [6.07, 6.45) is -2.96. The van der Waals surface area contributed by atoms with Crippen LogP contribution in [0.3, 0.4) is 0 Å². The van der Waals surface area contributed by atoms with E-state index in [0.29, 0.717) is 16.7 Å². The van der Waals surface area contributed by atoms with E-state index < -0.39 is 23.9 Å². The molecule has 10 heteroatoms. The Hall–Kier alpha value is -2.88. The van der Waals surface area contributed by atoms with Gasteiger partial charge in [0.15, 0.2) is 5.16 Å². The molecule has 0 spiro atoms. The first kappa shape index (κ1) is 20.8. The van der Waals surface area contributed by atoms with E-state index in [-0.39, 0.29) is 10.7 Å². The zero-order valence-corrected chi connectivity index (χ0v) is 16.3. The molecule has 1 unspecified atom stereocenters. The number of rotatable bonds is 5. The number of hydrogen-bond acceptors (Lipinski definition) is 5. The number of alkyl halides is 3. The molecule has 152 valence electrons. The normalized spacial score (nSPS) is 12.7. The van der Waals surface area contributed by atoms with Gasteiger partial charge in [-0.3, -0.25) is 9.59 Å². The average Bonchev–Trinajstić information content (AvgIpc) is 2.65. The predicted octanol–water partition coefficient (Wildman–Crippen LogP) is 3.25. The third-order valence-corrected chi connectivity index (χ3v) is 5.04. The molecule has 0 saturated heterocycles. The Morgan fingerprint density at radius 2 is 2.00 bits per heavy atom. The van der Waals surface area contributed by atoms with Crippen LogP contribution in [0, 0.1) is 6.92 Å². The fourth-order valence-electron chi connectivity index (χ4n) is 2.58. The Bertz CT molecular complexity index is 1110. The van der Waals surface area contributed by atoms with E-state index >= 15 is 0 Å². The number of aryl methyl sites for hydroxylation is 1. The highest BCUT2D eigenvalue weighted by Gasteiger charge is 2.29. The van der Waals surface area contributed by atoms with E-state index in [9.17, 15) is 22.8 Å². The molecule has 2 aromatic heterocycles. The number of thioether (sulfide) groups is 1. The minimum Gasteiger partial charge on any atom is -0.346 e. The summed E-state index contributed by atoms with van der Waals surface area (Å²) in [6.45, 7) is 1.87. The van der Waals surface area contributed by atoms with Crippen LogP contribution in [0.2, 0.25) is 0 Å². The number of amides is 1. The van der Waals surface area contributed by atoms with Gasteiger partial charge in [-0.25, -0.2) is 14.5 Å². The Morgan fingerprint density at radius 3 is 2.69 bits per heavy atom. The van der Waals surface area contributed by atoms with Gasteiger partial charge in [0.05, 0.1) is 16.2 Å². The van der Waals surface area contributed by atoms with Crippen LogP contribution in [0.4, 0.5) is 13.2 Å². The number of carbonyl (C=O) groups is 1. The Kier molecular flexibility index (Phi) is 5.92. The fraction of sp³-hybridized carbons (Fsp3) is 0.263. The summed E-state index contributed by atoms with van der Waals surface area (Å²) < 4.78 is 38.4. The standard InChI is InChI=1S/C19H17F3N4O2S/c1-11-7-8-23-15(9-11)26-17(28)13-5-3-4-6-14(13)25-18(26)29-12(2)16(27)24-10-19(20,21)22/h3-9,12H,10H2,1-2H3,(H,24,27). The molecule has 0 aliphatic carbocycles. The van der Waals surface area contributed by atoms with E-state index in [2.05, 4.69) is 9.97 Å². The summed E-state index contributed by atoms with van der Waals surface area (Å²) in [7, 11) is 0. The van der Waals surface area contributed by atoms with Gasteiger partial charge >= 0.3 is 6.18 Å². The second-order valence-electron chi connectivity index (χ2n) is 6.34. The third-order valence-electron chi connectivity index (χ3n) is 3.99. The lowest BCUT2D eigenvalue weighted by Gasteiger charge is -2.16. The average molecular weight is 422 g/mol. The fourth-order valence-corrected chi connectivity index (χ4v) is 3.52. The Labute approximate surface area is 168 Å². The number of pyridine rings is 1.